The van der Waals surface area contributed by atoms with E-state index in [0.29, 0.717) is 12.4 Å². The van der Waals surface area contributed by atoms with Crippen LogP contribution < -0.4 is 10.5 Å². The first kappa shape index (κ1) is 8.99. The van der Waals surface area contributed by atoms with Crippen LogP contribution in [0.4, 0.5) is 0 Å². The fraction of sp³-hybridized carbons (Fsp3) is 0.714. The van der Waals surface area contributed by atoms with Gasteiger partial charge in [-0.1, -0.05) is 12.1 Å². The van der Waals surface area contributed by atoms with E-state index in [9.17, 15) is 0 Å². The van der Waals surface area contributed by atoms with E-state index in [-0.39, 0.29) is 12.1 Å². The van der Waals surface area contributed by atoms with Crippen molar-refractivity contribution in [3.05, 3.63) is 5.82 Å². The molecule has 1 rings (SSSR count). The molecule has 12 heavy (non-hydrogen) atoms. The molecule has 0 amide bonds. The van der Waals surface area contributed by atoms with Gasteiger partial charge in [-0.2, -0.15) is 4.98 Å². The van der Waals surface area contributed by atoms with E-state index >= 15 is 0 Å². The molecule has 1 atom stereocenters. The smallest absolute Gasteiger partial charge is 0.417 e. The Morgan fingerprint density at radius 2 is 2.33 bits per heavy atom. The van der Waals surface area contributed by atoms with Crippen LogP contribution in [0.2, 0.25) is 0 Å². The van der Waals surface area contributed by atoms with Gasteiger partial charge in [-0.15, -0.1) is 0 Å². The van der Waals surface area contributed by atoms with Crippen molar-refractivity contribution >= 4 is 0 Å². The first-order valence-electron chi connectivity index (χ1n) is 3.99. The minimum Gasteiger partial charge on any atom is -0.449 e. The Hall–Kier alpha value is -1.10. The van der Waals surface area contributed by atoms with Crippen molar-refractivity contribution in [2.24, 2.45) is 5.73 Å². The van der Waals surface area contributed by atoms with E-state index in [0.717, 1.165) is 6.42 Å². The lowest BCUT2D eigenvalue weighted by molar-refractivity contribution is 0.215. The maximum Gasteiger partial charge on any atom is 0.417 e. The predicted octanol–water partition coefficient (Wildman–Crippen LogP) is 0.878. The fourth-order valence-corrected chi connectivity index (χ4v) is 0.735. The number of nitrogens with zero attached hydrogens (tertiary/aromatic N) is 2. The number of hydrogen-bond donors (Lipinski definition) is 1. The highest BCUT2D eigenvalue weighted by atomic mass is 16.6. The summed E-state index contributed by atoms with van der Waals surface area (Å²) in [6, 6.07) is -0.164. The van der Waals surface area contributed by atoms with Gasteiger partial charge in [0.05, 0.1) is 12.6 Å². The highest BCUT2D eigenvalue weighted by Gasteiger charge is 2.12. The summed E-state index contributed by atoms with van der Waals surface area (Å²) in [5, 5.41) is 3.67. The second kappa shape index (κ2) is 4.06. The van der Waals surface area contributed by atoms with E-state index in [2.05, 4.69) is 10.1 Å². The molecule has 5 heteroatoms. The van der Waals surface area contributed by atoms with Crippen LogP contribution in [0.25, 0.3) is 0 Å². The molecule has 0 radical (unpaired) electrons. The molecule has 1 aromatic rings. The van der Waals surface area contributed by atoms with Gasteiger partial charge in [0, 0.05) is 0 Å². The first-order valence-corrected chi connectivity index (χ1v) is 3.99. The van der Waals surface area contributed by atoms with E-state index in [1.165, 1.54) is 0 Å². The summed E-state index contributed by atoms with van der Waals surface area (Å²) in [5.41, 5.74) is 5.66. The molecule has 2 N–H and O–H groups in total. The lowest BCUT2D eigenvalue weighted by Gasteiger charge is -1.98. The van der Waals surface area contributed by atoms with Crippen LogP contribution in [0, 0.1) is 0 Å². The topological polar surface area (TPSA) is 74.2 Å². The van der Waals surface area contributed by atoms with Crippen molar-refractivity contribution in [1.82, 2.24) is 10.1 Å². The SMILES string of the molecule is CCOc1nc(C(N)CC)no1. The Morgan fingerprint density at radius 3 is 2.92 bits per heavy atom. The molecule has 0 aliphatic rings. The highest BCUT2D eigenvalue weighted by Crippen LogP contribution is 2.13. The standard InChI is InChI=1S/C7H13N3O2/c1-3-5(8)6-9-7(11-4-2)12-10-6/h5H,3-4,8H2,1-2H3. The molecular weight excluding hydrogens is 158 g/mol. The number of aromatic nitrogens is 2. The third-order valence-electron chi connectivity index (χ3n) is 1.46. The van der Waals surface area contributed by atoms with Gasteiger partial charge in [0.15, 0.2) is 5.82 Å². The summed E-state index contributed by atoms with van der Waals surface area (Å²) in [7, 11) is 0. The summed E-state index contributed by atoms with van der Waals surface area (Å²) in [5.74, 6) is 0.501. The van der Waals surface area contributed by atoms with Gasteiger partial charge in [-0.3, -0.25) is 4.52 Å². The Kier molecular flexibility index (Phi) is 3.04. The Labute approximate surface area is 70.9 Å². The molecule has 0 aliphatic heterocycles. The summed E-state index contributed by atoms with van der Waals surface area (Å²) in [4.78, 5) is 3.95. The minimum atomic E-state index is -0.164. The van der Waals surface area contributed by atoms with Crippen molar-refractivity contribution in [2.75, 3.05) is 6.61 Å². The Balaban J connectivity index is 2.63. The van der Waals surface area contributed by atoms with Crippen LogP contribution in [0.15, 0.2) is 4.52 Å². The van der Waals surface area contributed by atoms with Crippen LogP contribution in [-0.2, 0) is 0 Å². The lowest BCUT2D eigenvalue weighted by atomic mass is 10.2. The molecule has 0 saturated carbocycles. The molecule has 1 heterocycles. The van der Waals surface area contributed by atoms with E-state index in [1.54, 1.807) is 0 Å². The molecule has 0 aliphatic carbocycles. The largest absolute Gasteiger partial charge is 0.449 e. The normalized spacial score (nSPS) is 12.9. The lowest BCUT2D eigenvalue weighted by Crippen LogP contribution is -2.10. The zero-order valence-electron chi connectivity index (χ0n) is 7.28. The number of nitrogens with two attached hydrogens (primary N) is 1. The Morgan fingerprint density at radius 1 is 1.58 bits per heavy atom. The quantitative estimate of drug-likeness (QED) is 0.727. The van der Waals surface area contributed by atoms with Gasteiger partial charge >= 0.3 is 6.08 Å². The molecule has 1 aromatic heterocycles. The van der Waals surface area contributed by atoms with Crippen LogP contribution in [0.3, 0.4) is 0 Å². The molecule has 0 aromatic carbocycles. The molecule has 0 bridgehead atoms. The minimum absolute atomic E-state index is 0.164. The van der Waals surface area contributed by atoms with Crippen LogP contribution in [0.5, 0.6) is 6.08 Å². The third-order valence-corrected chi connectivity index (χ3v) is 1.46. The summed E-state index contributed by atoms with van der Waals surface area (Å²) in [6.07, 6.45) is 0.974. The highest BCUT2D eigenvalue weighted by molar-refractivity contribution is 4.95. The van der Waals surface area contributed by atoms with Crippen molar-refractivity contribution < 1.29 is 9.26 Å². The van der Waals surface area contributed by atoms with Crippen molar-refractivity contribution in [1.29, 1.82) is 0 Å². The zero-order chi connectivity index (χ0) is 8.97. The average molecular weight is 171 g/mol. The number of hydrogen-bond acceptors (Lipinski definition) is 5. The average Bonchev–Trinajstić information content (AvgIpc) is 2.52. The molecule has 68 valence electrons. The van der Waals surface area contributed by atoms with Gasteiger partial charge in [-0.05, 0) is 13.3 Å². The Bertz CT molecular complexity index is 236. The molecule has 0 spiro atoms. The molecule has 1 unspecified atom stereocenters. The molecule has 0 fully saturated rings. The van der Waals surface area contributed by atoms with Crippen LogP contribution >= 0.6 is 0 Å². The fourth-order valence-electron chi connectivity index (χ4n) is 0.735. The molecule has 0 saturated heterocycles. The van der Waals surface area contributed by atoms with Gasteiger partial charge in [-0.25, -0.2) is 0 Å². The van der Waals surface area contributed by atoms with Crippen LogP contribution in [0.1, 0.15) is 32.1 Å². The first-order chi connectivity index (χ1) is 5.77. The van der Waals surface area contributed by atoms with E-state index < -0.39 is 0 Å². The van der Waals surface area contributed by atoms with Gasteiger partial charge in [0.25, 0.3) is 0 Å². The maximum absolute atomic E-state index is 5.66. The zero-order valence-corrected chi connectivity index (χ0v) is 7.28. The predicted molar refractivity (Wildman–Crippen MR) is 42.7 cm³/mol. The van der Waals surface area contributed by atoms with Crippen molar-refractivity contribution in [3.63, 3.8) is 0 Å². The molecule has 5 nitrogen and oxygen atoms in total. The van der Waals surface area contributed by atoms with Gasteiger partial charge in [0.1, 0.15) is 0 Å². The second-order valence-electron chi connectivity index (χ2n) is 2.37. The number of ether oxygens (including phenoxy) is 1. The molecular formula is C7H13N3O2. The maximum atomic E-state index is 5.66. The van der Waals surface area contributed by atoms with Gasteiger partial charge in [0.2, 0.25) is 0 Å². The number of rotatable bonds is 4. The summed E-state index contributed by atoms with van der Waals surface area (Å²) >= 11 is 0. The van der Waals surface area contributed by atoms with Crippen molar-refractivity contribution in [2.45, 2.75) is 26.3 Å². The van der Waals surface area contributed by atoms with Crippen molar-refractivity contribution in [3.8, 4) is 6.08 Å². The summed E-state index contributed by atoms with van der Waals surface area (Å²) < 4.78 is 9.75. The van der Waals surface area contributed by atoms with Crippen LogP contribution in [-0.4, -0.2) is 16.7 Å². The monoisotopic (exact) mass is 171 g/mol. The van der Waals surface area contributed by atoms with Gasteiger partial charge < -0.3 is 10.5 Å². The summed E-state index contributed by atoms with van der Waals surface area (Å²) in [6.45, 7) is 4.33. The van der Waals surface area contributed by atoms with E-state index in [4.69, 9.17) is 15.0 Å². The second-order valence-corrected chi connectivity index (χ2v) is 2.37. The van der Waals surface area contributed by atoms with E-state index in [1.807, 2.05) is 13.8 Å². The third kappa shape index (κ3) is 1.94.